The minimum Gasteiger partial charge on any atom is -0.488 e. The number of guanidine groups is 1. The largest absolute Gasteiger partial charge is 0.488 e. The van der Waals surface area contributed by atoms with E-state index in [-0.39, 0.29) is 30.1 Å². The molecule has 6 nitrogen and oxygen atoms in total. The number of aryl methyl sites for hydroxylation is 1. The van der Waals surface area contributed by atoms with Crippen molar-refractivity contribution in [1.82, 2.24) is 15.5 Å². The van der Waals surface area contributed by atoms with E-state index in [4.69, 9.17) is 9.47 Å². The zero-order valence-electron chi connectivity index (χ0n) is 19.7. The minimum atomic E-state index is 0. The molecule has 1 heterocycles. The van der Waals surface area contributed by atoms with Crippen molar-refractivity contribution in [2.24, 2.45) is 4.99 Å². The number of rotatable bonds is 9. The number of ether oxygens (including phenoxy) is 2. The molecule has 0 radical (unpaired) electrons. The van der Waals surface area contributed by atoms with Gasteiger partial charge in [0.1, 0.15) is 11.9 Å². The molecule has 0 amide bonds. The van der Waals surface area contributed by atoms with Crippen molar-refractivity contribution in [3.8, 4) is 5.75 Å². The predicted molar refractivity (Wildman–Crippen MR) is 142 cm³/mol. The summed E-state index contributed by atoms with van der Waals surface area (Å²) in [4.78, 5) is 6.68. The molecule has 0 spiro atoms. The first kappa shape index (κ1) is 26.4. The number of hydrogen-bond acceptors (Lipinski definition) is 4. The summed E-state index contributed by atoms with van der Waals surface area (Å²) in [5, 5.41) is 6.84. The number of hydrogen-bond donors (Lipinski definition) is 2. The molecular weight excluding hydrogens is 515 g/mol. The molecule has 32 heavy (non-hydrogen) atoms. The number of aliphatic imine (C=N–C) groups is 1. The summed E-state index contributed by atoms with van der Waals surface area (Å²) >= 11 is 0. The monoisotopic (exact) mass is 552 g/mol. The first-order valence-corrected chi connectivity index (χ1v) is 11.1. The van der Waals surface area contributed by atoms with Crippen LogP contribution in [0.5, 0.6) is 5.75 Å². The van der Waals surface area contributed by atoms with Crippen molar-refractivity contribution < 1.29 is 9.47 Å². The SMILES string of the molecule is CCN(C)Cc1cccc(CNC(=NC)NCc2ccc(C)cc2OC2CCOC2)c1.I. The van der Waals surface area contributed by atoms with Gasteiger partial charge in [-0.3, -0.25) is 4.99 Å². The smallest absolute Gasteiger partial charge is 0.191 e. The van der Waals surface area contributed by atoms with E-state index in [2.05, 4.69) is 83.9 Å². The van der Waals surface area contributed by atoms with Crippen LogP contribution in [0, 0.1) is 6.92 Å². The Morgan fingerprint density at radius 2 is 1.94 bits per heavy atom. The standard InChI is InChI=1S/C25H36N4O2.HI/c1-5-29(4)17-21-8-6-7-20(14-21)15-27-25(26-3)28-16-22-10-9-19(2)13-24(22)31-23-11-12-30-18-23;/h6-10,13-14,23H,5,11-12,15-18H2,1-4H3,(H2,26,27,28);1H. The number of nitrogens with one attached hydrogen (secondary N) is 2. The molecule has 1 fully saturated rings. The van der Waals surface area contributed by atoms with E-state index in [1.165, 1.54) is 16.7 Å². The van der Waals surface area contributed by atoms with Crippen LogP contribution in [0.2, 0.25) is 0 Å². The Balaban J connectivity index is 0.00000363. The summed E-state index contributed by atoms with van der Waals surface area (Å²) in [6.07, 6.45) is 1.08. The van der Waals surface area contributed by atoms with Crippen molar-refractivity contribution in [1.29, 1.82) is 0 Å². The summed E-state index contributed by atoms with van der Waals surface area (Å²) in [5.74, 6) is 1.69. The molecule has 2 N–H and O–H groups in total. The van der Waals surface area contributed by atoms with Gasteiger partial charge in [0.25, 0.3) is 0 Å². The van der Waals surface area contributed by atoms with Crippen LogP contribution in [-0.4, -0.2) is 50.8 Å². The Morgan fingerprint density at radius 3 is 2.66 bits per heavy atom. The van der Waals surface area contributed by atoms with Gasteiger partial charge in [-0.1, -0.05) is 43.3 Å². The fourth-order valence-electron chi connectivity index (χ4n) is 3.55. The Hall–Kier alpha value is -1.84. The van der Waals surface area contributed by atoms with E-state index < -0.39 is 0 Å². The van der Waals surface area contributed by atoms with E-state index in [1.54, 1.807) is 7.05 Å². The Labute approximate surface area is 209 Å². The number of nitrogens with zero attached hydrogens (tertiary/aromatic N) is 2. The van der Waals surface area contributed by atoms with Crippen molar-refractivity contribution in [3.05, 3.63) is 64.7 Å². The van der Waals surface area contributed by atoms with Crippen molar-refractivity contribution in [2.75, 3.05) is 33.9 Å². The van der Waals surface area contributed by atoms with Crippen molar-refractivity contribution in [2.45, 2.75) is 46.0 Å². The predicted octanol–water partition coefficient (Wildman–Crippen LogP) is 4.10. The lowest BCUT2D eigenvalue weighted by Crippen LogP contribution is -2.36. The summed E-state index contributed by atoms with van der Waals surface area (Å²) in [7, 11) is 3.93. The Bertz CT molecular complexity index is 869. The maximum atomic E-state index is 6.21. The van der Waals surface area contributed by atoms with Crippen LogP contribution in [-0.2, 0) is 24.4 Å². The van der Waals surface area contributed by atoms with Crippen LogP contribution in [0.1, 0.15) is 35.6 Å². The van der Waals surface area contributed by atoms with Crippen LogP contribution < -0.4 is 15.4 Å². The fourth-order valence-corrected chi connectivity index (χ4v) is 3.55. The van der Waals surface area contributed by atoms with Crippen LogP contribution >= 0.6 is 24.0 Å². The van der Waals surface area contributed by atoms with Gasteiger partial charge in [-0.2, -0.15) is 0 Å². The summed E-state index contributed by atoms with van der Waals surface area (Å²) in [5.41, 5.74) is 4.87. The second kappa shape index (κ2) is 13.6. The van der Waals surface area contributed by atoms with Crippen molar-refractivity contribution >= 4 is 29.9 Å². The summed E-state index contributed by atoms with van der Waals surface area (Å²) in [6, 6.07) is 15.0. The third-order valence-electron chi connectivity index (χ3n) is 5.52. The minimum absolute atomic E-state index is 0. The van der Waals surface area contributed by atoms with E-state index >= 15 is 0 Å². The van der Waals surface area contributed by atoms with Gasteiger partial charge in [0.15, 0.2) is 5.96 Å². The molecule has 3 rings (SSSR count). The van der Waals surface area contributed by atoms with Crippen molar-refractivity contribution in [3.63, 3.8) is 0 Å². The molecule has 0 aliphatic carbocycles. The van der Waals surface area contributed by atoms with E-state index in [0.717, 1.165) is 49.9 Å². The third kappa shape index (κ3) is 8.26. The van der Waals surface area contributed by atoms with Crippen LogP contribution in [0.4, 0.5) is 0 Å². The first-order valence-electron chi connectivity index (χ1n) is 11.1. The Kier molecular flexibility index (Phi) is 11.3. The van der Waals surface area contributed by atoms with E-state index in [1.807, 2.05) is 0 Å². The molecule has 0 saturated carbocycles. The Morgan fingerprint density at radius 1 is 1.16 bits per heavy atom. The average Bonchev–Trinajstić information content (AvgIpc) is 3.28. The highest BCUT2D eigenvalue weighted by molar-refractivity contribution is 14.0. The highest BCUT2D eigenvalue weighted by Gasteiger charge is 2.18. The van der Waals surface area contributed by atoms with Gasteiger partial charge in [0.05, 0.1) is 13.2 Å². The molecule has 0 aromatic heterocycles. The second-order valence-electron chi connectivity index (χ2n) is 8.14. The molecule has 7 heteroatoms. The highest BCUT2D eigenvalue weighted by Crippen LogP contribution is 2.23. The molecule has 176 valence electrons. The van der Waals surface area contributed by atoms with Gasteiger partial charge in [-0.25, -0.2) is 0 Å². The van der Waals surface area contributed by atoms with Crippen LogP contribution in [0.25, 0.3) is 0 Å². The van der Waals surface area contributed by atoms with Gasteiger partial charge in [-0.05, 0) is 43.3 Å². The van der Waals surface area contributed by atoms with Gasteiger partial charge < -0.3 is 25.0 Å². The second-order valence-corrected chi connectivity index (χ2v) is 8.14. The molecule has 2 aromatic carbocycles. The molecule has 1 saturated heterocycles. The molecule has 1 aliphatic heterocycles. The first-order chi connectivity index (χ1) is 15.1. The summed E-state index contributed by atoms with van der Waals surface area (Å²) in [6.45, 7) is 9.06. The molecular formula is C25H37IN4O2. The number of benzene rings is 2. The quantitative estimate of drug-likeness (QED) is 0.279. The lowest BCUT2D eigenvalue weighted by atomic mass is 10.1. The fraction of sp³-hybridized carbons (Fsp3) is 0.480. The number of halogens is 1. The molecule has 2 aromatic rings. The average molecular weight is 553 g/mol. The molecule has 0 bridgehead atoms. The lowest BCUT2D eigenvalue weighted by Gasteiger charge is -2.18. The van der Waals surface area contributed by atoms with E-state index in [9.17, 15) is 0 Å². The third-order valence-corrected chi connectivity index (χ3v) is 5.52. The molecule has 1 unspecified atom stereocenters. The molecule has 1 aliphatic rings. The van der Waals surface area contributed by atoms with Gasteiger partial charge >= 0.3 is 0 Å². The zero-order valence-corrected chi connectivity index (χ0v) is 22.0. The van der Waals surface area contributed by atoms with Gasteiger partial charge in [0, 0.05) is 38.7 Å². The van der Waals surface area contributed by atoms with E-state index in [0.29, 0.717) is 13.2 Å². The zero-order chi connectivity index (χ0) is 22.1. The van der Waals surface area contributed by atoms with Gasteiger partial charge in [-0.15, -0.1) is 24.0 Å². The normalized spacial score (nSPS) is 16.0. The van der Waals surface area contributed by atoms with Crippen LogP contribution in [0.3, 0.4) is 0 Å². The maximum absolute atomic E-state index is 6.21. The lowest BCUT2D eigenvalue weighted by molar-refractivity contribution is 0.140. The highest BCUT2D eigenvalue weighted by atomic mass is 127. The topological polar surface area (TPSA) is 58.1 Å². The molecule has 1 atom stereocenters. The maximum Gasteiger partial charge on any atom is 0.191 e. The van der Waals surface area contributed by atoms with Gasteiger partial charge in [0.2, 0.25) is 0 Å². The van der Waals surface area contributed by atoms with Crippen LogP contribution in [0.15, 0.2) is 47.5 Å². The summed E-state index contributed by atoms with van der Waals surface area (Å²) < 4.78 is 11.7.